The minimum atomic E-state index is -0.831. The lowest BCUT2D eigenvalue weighted by Gasteiger charge is -2.21. The van der Waals surface area contributed by atoms with Crippen LogP contribution >= 0.6 is 0 Å². The summed E-state index contributed by atoms with van der Waals surface area (Å²) < 4.78 is 0. The smallest absolute Gasteiger partial charge is 0.223 e. The molecule has 4 heteroatoms. The highest BCUT2D eigenvalue weighted by molar-refractivity contribution is 5.78. The van der Waals surface area contributed by atoms with Gasteiger partial charge < -0.3 is 15.5 Å². The second kappa shape index (κ2) is 5.98. The van der Waals surface area contributed by atoms with Gasteiger partial charge in [0.15, 0.2) is 0 Å². The van der Waals surface area contributed by atoms with Crippen LogP contribution in [0.3, 0.4) is 0 Å². The molecule has 4 nitrogen and oxygen atoms in total. The fourth-order valence-corrected chi connectivity index (χ4v) is 1.79. The average molecular weight is 201 g/mol. The molecule has 0 aliphatic heterocycles. The van der Waals surface area contributed by atoms with Crippen LogP contribution in [0.1, 0.15) is 32.1 Å². The Balaban J connectivity index is 2.19. The van der Waals surface area contributed by atoms with Gasteiger partial charge in [-0.1, -0.05) is 19.3 Å². The van der Waals surface area contributed by atoms with Crippen molar-refractivity contribution in [2.24, 2.45) is 5.92 Å². The molecule has 0 saturated heterocycles. The van der Waals surface area contributed by atoms with Crippen molar-refractivity contribution in [2.45, 2.75) is 38.2 Å². The molecule has 1 aliphatic carbocycles. The van der Waals surface area contributed by atoms with Gasteiger partial charge in [-0.2, -0.15) is 0 Å². The van der Waals surface area contributed by atoms with Crippen molar-refractivity contribution < 1.29 is 15.0 Å². The Kier molecular flexibility index (Phi) is 4.90. The van der Waals surface area contributed by atoms with E-state index in [0.717, 1.165) is 25.7 Å². The first-order valence-corrected chi connectivity index (χ1v) is 5.30. The summed E-state index contributed by atoms with van der Waals surface area (Å²) in [4.78, 5) is 11.5. The zero-order chi connectivity index (χ0) is 10.4. The SMILES string of the molecule is O=C(NC[C@H](O)CO)C1CCCCC1. The summed E-state index contributed by atoms with van der Waals surface area (Å²) in [5.74, 6) is 0.145. The van der Waals surface area contributed by atoms with Crippen LogP contribution < -0.4 is 5.32 Å². The van der Waals surface area contributed by atoms with Gasteiger partial charge in [0.1, 0.15) is 0 Å². The van der Waals surface area contributed by atoms with Gasteiger partial charge in [-0.15, -0.1) is 0 Å². The molecule has 0 unspecified atom stereocenters. The molecule has 0 bridgehead atoms. The Hall–Kier alpha value is -0.610. The highest BCUT2D eigenvalue weighted by atomic mass is 16.3. The zero-order valence-corrected chi connectivity index (χ0v) is 8.41. The topological polar surface area (TPSA) is 69.6 Å². The van der Waals surface area contributed by atoms with Crippen molar-refractivity contribution in [3.63, 3.8) is 0 Å². The summed E-state index contributed by atoms with van der Waals surface area (Å²) in [6.45, 7) is -0.142. The number of carbonyl (C=O) groups is 1. The quantitative estimate of drug-likeness (QED) is 0.601. The molecule has 82 valence electrons. The molecule has 0 aromatic heterocycles. The minimum Gasteiger partial charge on any atom is -0.394 e. The number of nitrogens with one attached hydrogen (secondary N) is 1. The molecule has 0 aromatic rings. The fourth-order valence-electron chi connectivity index (χ4n) is 1.79. The summed E-state index contributed by atoms with van der Waals surface area (Å²) in [5.41, 5.74) is 0. The van der Waals surface area contributed by atoms with Gasteiger partial charge >= 0.3 is 0 Å². The Morgan fingerprint density at radius 3 is 2.57 bits per heavy atom. The van der Waals surface area contributed by atoms with Crippen molar-refractivity contribution in [1.29, 1.82) is 0 Å². The number of aliphatic hydroxyl groups is 2. The van der Waals surface area contributed by atoms with Gasteiger partial charge in [-0.3, -0.25) is 4.79 Å². The Bertz CT molecular complexity index is 178. The molecule has 1 amide bonds. The number of hydrogen-bond acceptors (Lipinski definition) is 3. The van der Waals surface area contributed by atoms with Gasteiger partial charge in [0.25, 0.3) is 0 Å². The van der Waals surface area contributed by atoms with E-state index in [-0.39, 0.29) is 25.0 Å². The Morgan fingerprint density at radius 1 is 1.36 bits per heavy atom. The standard InChI is InChI=1S/C10H19NO3/c12-7-9(13)6-11-10(14)8-4-2-1-3-5-8/h8-9,12-13H,1-7H2,(H,11,14)/t9-/m0/s1. The molecule has 0 aromatic carbocycles. The van der Waals surface area contributed by atoms with Gasteiger partial charge in [-0.05, 0) is 12.8 Å². The number of amides is 1. The Labute approximate surface area is 84.3 Å². The predicted molar refractivity (Wildman–Crippen MR) is 52.7 cm³/mol. The second-order valence-electron chi connectivity index (χ2n) is 3.92. The summed E-state index contributed by atoms with van der Waals surface area (Å²) in [5, 5.41) is 20.3. The van der Waals surface area contributed by atoms with Crippen LogP contribution in [0, 0.1) is 5.92 Å². The average Bonchev–Trinajstić information content (AvgIpc) is 2.26. The first-order valence-electron chi connectivity index (χ1n) is 5.30. The number of rotatable bonds is 4. The lowest BCUT2D eigenvalue weighted by molar-refractivity contribution is -0.126. The van der Waals surface area contributed by atoms with E-state index in [4.69, 9.17) is 10.2 Å². The van der Waals surface area contributed by atoms with Crippen molar-refractivity contribution in [3.8, 4) is 0 Å². The second-order valence-corrected chi connectivity index (χ2v) is 3.92. The van der Waals surface area contributed by atoms with Gasteiger partial charge in [-0.25, -0.2) is 0 Å². The molecule has 0 spiro atoms. The van der Waals surface area contributed by atoms with Gasteiger partial charge in [0.05, 0.1) is 12.7 Å². The lowest BCUT2D eigenvalue weighted by atomic mass is 9.89. The normalized spacial score (nSPS) is 20.4. The van der Waals surface area contributed by atoms with Crippen molar-refractivity contribution in [3.05, 3.63) is 0 Å². The summed E-state index contributed by atoms with van der Waals surface area (Å²) >= 11 is 0. The van der Waals surface area contributed by atoms with Gasteiger partial charge in [0.2, 0.25) is 5.91 Å². The highest BCUT2D eigenvalue weighted by Crippen LogP contribution is 2.23. The van der Waals surface area contributed by atoms with E-state index in [1.54, 1.807) is 0 Å². The molecule has 0 radical (unpaired) electrons. The van der Waals surface area contributed by atoms with E-state index >= 15 is 0 Å². The van der Waals surface area contributed by atoms with Gasteiger partial charge in [0, 0.05) is 12.5 Å². The number of hydrogen-bond donors (Lipinski definition) is 3. The molecule has 0 heterocycles. The van der Waals surface area contributed by atoms with Crippen LogP contribution in [0.25, 0.3) is 0 Å². The minimum absolute atomic E-state index is 0.0252. The van der Waals surface area contributed by atoms with E-state index < -0.39 is 6.10 Å². The van der Waals surface area contributed by atoms with E-state index in [1.165, 1.54) is 6.42 Å². The summed E-state index contributed by atoms with van der Waals surface area (Å²) in [6, 6.07) is 0. The third-order valence-electron chi connectivity index (χ3n) is 2.70. The molecule has 1 atom stereocenters. The fraction of sp³-hybridized carbons (Fsp3) is 0.900. The molecule has 1 rings (SSSR count). The van der Waals surface area contributed by atoms with Crippen LogP contribution in [-0.2, 0) is 4.79 Å². The monoisotopic (exact) mass is 201 g/mol. The Morgan fingerprint density at radius 2 is 2.00 bits per heavy atom. The first kappa shape index (κ1) is 11.5. The largest absolute Gasteiger partial charge is 0.394 e. The van der Waals surface area contributed by atoms with E-state index in [2.05, 4.69) is 5.32 Å². The molecule has 1 saturated carbocycles. The van der Waals surface area contributed by atoms with Crippen LogP contribution in [0.5, 0.6) is 0 Å². The number of carbonyl (C=O) groups excluding carboxylic acids is 1. The zero-order valence-electron chi connectivity index (χ0n) is 8.41. The maximum atomic E-state index is 11.5. The molecular weight excluding hydrogens is 182 g/mol. The molecular formula is C10H19NO3. The van der Waals surface area contributed by atoms with Crippen molar-refractivity contribution in [1.82, 2.24) is 5.32 Å². The van der Waals surface area contributed by atoms with Crippen LogP contribution in [0.4, 0.5) is 0 Å². The van der Waals surface area contributed by atoms with Crippen LogP contribution in [0.2, 0.25) is 0 Å². The maximum Gasteiger partial charge on any atom is 0.223 e. The van der Waals surface area contributed by atoms with Crippen molar-refractivity contribution in [2.75, 3.05) is 13.2 Å². The third-order valence-corrected chi connectivity index (χ3v) is 2.70. The molecule has 1 aliphatic rings. The number of aliphatic hydroxyl groups excluding tert-OH is 2. The predicted octanol–water partition coefficient (Wildman–Crippen LogP) is 0.0361. The molecule has 1 fully saturated rings. The van der Waals surface area contributed by atoms with E-state index in [1.807, 2.05) is 0 Å². The third kappa shape index (κ3) is 3.64. The van der Waals surface area contributed by atoms with E-state index in [9.17, 15) is 4.79 Å². The van der Waals surface area contributed by atoms with Crippen LogP contribution in [0.15, 0.2) is 0 Å². The lowest BCUT2D eigenvalue weighted by Crippen LogP contribution is -2.38. The van der Waals surface area contributed by atoms with Crippen LogP contribution in [-0.4, -0.2) is 35.4 Å². The molecule has 14 heavy (non-hydrogen) atoms. The van der Waals surface area contributed by atoms with E-state index in [0.29, 0.717) is 0 Å². The summed E-state index contributed by atoms with van der Waals surface area (Å²) in [6.07, 6.45) is 4.56. The first-order chi connectivity index (χ1) is 6.74. The maximum absolute atomic E-state index is 11.5. The molecule has 3 N–H and O–H groups in total. The summed E-state index contributed by atoms with van der Waals surface area (Å²) in [7, 11) is 0. The highest BCUT2D eigenvalue weighted by Gasteiger charge is 2.20. The van der Waals surface area contributed by atoms with Crippen molar-refractivity contribution >= 4 is 5.91 Å².